The van der Waals surface area contributed by atoms with Crippen LogP contribution in [-0.4, -0.2) is 24.5 Å². The Balaban J connectivity index is 2.08. The fourth-order valence-electron chi connectivity index (χ4n) is 1.68. The van der Waals surface area contributed by atoms with Gasteiger partial charge in [0.25, 0.3) is 0 Å². The highest BCUT2D eigenvalue weighted by molar-refractivity contribution is 5.78. The molecule has 0 aromatic heterocycles. The summed E-state index contributed by atoms with van der Waals surface area (Å²) >= 11 is 0. The molecule has 1 aliphatic rings. The molecule has 1 aliphatic carbocycles. The van der Waals surface area contributed by atoms with Crippen LogP contribution in [0.25, 0.3) is 0 Å². The molecule has 3 heteroatoms. The number of amides is 1. The molecular weight excluding hydrogens is 200 g/mol. The van der Waals surface area contributed by atoms with E-state index in [1.165, 1.54) is 19.3 Å². The predicted molar refractivity (Wildman–Crippen MR) is 67.2 cm³/mol. The molecule has 16 heavy (non-hydrogen) atoms. The Morgan fingerprint density at radius 1 is 1.25 bits per heavy atom. The van der Waals surface area contributed by atoms with Gasteiger partial charge in [0, 0.05) is 12.1 Å². The Kier molecular flexibility index (Phi) is 5.26. The molecule has 0 spiro atoms. The molecule has 0 saturated heterocycles. The van der Waals surface area contributed by atoms with E-state index in [9.17, 15) is 4.79 Å². The fourth-order valence-corrected chi connectivity index (χ4v) is 1.68. The minimum Gasteiger partial charge on any atom is -0.352 e. The number of nitrogens with one attached hydrogen (secondary N) is 2. The lowest BCUT2D eigenvalue weighted by Crippen LogP contribution is -2.43. The molecule has 0 radical (unpaired) electrons. The minimum absolute atomic E-state index is 0.115. The molecule has 2 atom stereocenters. The Labute approximate surface area is 99.4 Å². The third kappa shape index (κ3) is 5.50. The van der Waals surface area contributed by atoms with Crippen LogP contribution in [0.4, 0.5) is 0 Å². The van der Waals surface area contributed by atoms with Crippen LogP contribution in [0.15, 0.2) is 0 Å². The monoisotopic (exact) mass is 226 g/mol. The van der Waals surface area contributed by atoms with Crippen molar-refractivity contribution in [3.8, 4) is 0 Å². The molecule has 0 aromatic carbocycles. The van der Waals surface area contributed by atoms with Crippen molar-refractivity contribution in [3.05, 3.63) is 0 Å². The SMILES string of the molecule is CC(CC1CC1)NCC(=O)NC(C)C(C)C. The number of carbonyl (C=O) groups excluding carboxylic acids is 1. The van der Waals surface area contributed by atoms with Crippen molar-refractivity contribution >= 4 is 5.91 Å². The summed E-state index contributed by atoms with van der Waals surface area (Å²) in [5.41, 5.74) is 0. The van der Waals surface area contributed by atoms with Gasteiger partial charge in [-0.25, -0.2) is 0 Å². The fraction of sp³-hybridized carbons (Fsp3) is 0.923. The average molecular weight is 226 g/mol. The van der Waals surface area contributed by atoms with E-state index in [1.54, 1.807) is 0 Å². The van der Waals surface area contributed by atoms with Gasteiger partial charge in [-0.15, -0.1) is 0 Å². The van der Waals surface area contributed by atoms with Crippen LogP contribution < -0.4 is 10.6 Å². The van der Waals surface area contributed by atoms with Gasteiger partial charge in [0.2, 0.25) is 5.91 Å². The smallest absolute Gasteiger partial charge is 0.234 e. The standard InChI is InChI=1S/C13H26N2O/c1-9(2)11(4)15-13(16)8-14-10(3)7-12-5-6-12/h9-12,14H,5-8H2,1-4H3,(H,15,16). The van der Waals surface area contributed by atoms with Crippen molar-refractivity contribution in [3.63, 3.8) is 0 Å². The first-order valence-electron chi connectivity index (χ1n) is 6.51. The molecule has 0 aromatic rings. The molecule has 1 fully saturated rings. The number of hydrogen-bond acceptors (Lipinski definition) is 2. The van der Waals surface area contributed by atoms with Gasteiger partial charge in [-0.1, -0.05) is 26.7 Å². The zero-order valence-electron chi connectivity index (χ0n) is 11.0. The molecule has 2 unspecified atom stereocenters. The van der Waals surface area contributed by atoms with Crippen LogP contribution in [0, 0.1) is 11.8 Å². The van der Waals surface area contributed by atoms with E-state index in [2.05, 4.69) is 38.3 Å². The zero-order chi connectivity index (χ0) is 12.1. The highest BCUT2D eigenvalue weighted by Crippen LogP contribution is 2.33. The van der Waals surface area contributed by atoms with Gasteiger partial charge in [-0.05, 0) is 32.1 Å². The van der Waals surface area contributed by atoms with Gasteiger partial charge in [-0.2, -0.15) is 0 Å². The minimum atomic E-state index is 0.115. The maximum atomic E-state index is 11.6. The maximum Gasteiger partial charge on any atom is 0.234 e. The Morgan fingerprint density at radius 3 is 2.38 bits per heavy atom. The average Bonchev–Trinajstić information content (AvgIpc) is 2.98. The summed E-state index contributed by atoms with van der Waals surface area (Å²) < 4.78 is 0. The van der Waals surface area contributed by atoms with E-state index in [0.717, 1.165) is 5.92 Å². The molecule has 1 amide bonds. The van der Waals surface area contributed by atoms with E-state index in [0.29, 0.717) is 18.5 Å². The van der Waals surface area contributed by atoms with Crippen molar-refractivity contribution in [2.75, 3.05) is 6.54 Å². The van der Waals surface area contributed by atoms with Gasteiger partial charge in [0.15, 0.2) is 0 Å². The second-order valence-electron chi connectivity index (χ2n) is 5.56. The first-order chi connectivity index (χ1) is 7.49. The van der Waals surface area contributed by atoms with Gasteiger partial charge < -0.3 is 10.6 Å². The number of carbonyl (C=O) groups is 1. The van der Waals surface area contributed by atoms with E-state index in [1.807, 2.05) is 0 Å². The second kappa shape index (κ2) is 6.24. The van der Waals surface area contributed by atoms with Crippen molar-refractivity contribution in [2.24, 2.45) is 11.8 Å². The summed E-state index contributed by atoms with van der Waals surface area (Å²) in [6, 6.07) is 0.723. The summed E-state index contributed by atoms with van der Waals surface area (Å²) in [6.07, 6.45) is 3.97. The van der Waals surface area contributed by atoms with E-state index < -0.39 is 0 Å². The van der Waals surface area contributed by atoms with Crippen molar-refractivity contribution < 1.29 is 4.79 Å². The van der Waals surface area contributed by atoms with Crippen LogP contribution >= 0.6 is 0 Å². The Hall–Kier alpha value is -0.570. The molecule has 0 aliphatic heterocycles. The van der Waals surface area contributed by atoms with E-state index in [4.69, 9.17) is 0 Å². The third-order valence-corrected chi connectivity index (χ3v) is 3.38. The summed E-state index contributed by atoms with van der Waals surface area (Å²) in [7, 11) is 0. The molecule has 0 bridgehead atoms. The molecule has 3 nitrogen and oxygen atoms in total. The van der Waals surface area contributed by atoms with Gasteiger partial charge in [0.05, 0.1) is 6.54 Å². The summed E-state index contributed by atoms with van der Waals surface area (Å²) in [6.45, 7) is 8.90. The van der Waals surface area contributed by atoms with Crippen LogP contribution in [0.2, 0.25) is 0 Å². The highest BCUT2D eigenvalue weighted by Gasteiger charge is 2.23. The van der Waals surface area contributed by atoms with E-state index in [-0.39, 0.29) is 11.9 Å². The normalized spacial score (nSPS) is 19.6. The van der Waals surface area contributed by atoms with Gasteiger partial charge >= 0.3 is 0 Å². The predicted octanol–water partition coefficient (Wildman–Crippen LogP) is 1.93. The Morgan fingerprint density at radius 2 is 1.88 bits per heavy atom. The third-order valence-electron chi connectivity index (χ3n) is 3.38. The topological polar surface area (TPSA) is 41.1 Å². The molecule has 1 rings (SSSR count). The van der Waals surface area contributed by atoms with Crippen LogP contribution in [0.5, 0.6) is 0 Å². The first kappa shape index (κ1) is 13.5. The maximum absolute atomic E-state index is 11.6. The quantitative estimate of drug-likeness (QED) is 0.696. The lowest BCUT2D eigenvalue weighted by Gasteiger charge is -2.19. The van der Waals surface area contributed by atoms with E-state index >= 15 is 0 Å². The van der Waals surface area contributed by atoms with Crippen LogP contribution in [0.1, 0.15) is 47.0 Å². The molecule has 1 saturated carbocycles. The first-order valence-corrected chi connectivity index (χ1v) is 6.51. The van der Waals surface area contributed by atoms with Crippen molar-refractivity contribution in [1.82, 2.24) is 10.6 Å². The molecular formula is C13H26N2O. The van der Waals surface area contributed by atoms with Crippen molar-refractivity contribution in [1.29, 1.82) is 0 Å². The number of hydrogen-bond donors (Lipinski definition) is 2. The highest BCUT2D eigenvalue weighted by atomic mass is 16.1. The second-order valence-corrected chi connectivity index (χ2v) is 5.56. The van der Waals surface area contributed by atoms with Crippen LogP contribution in [0.3, 0.4) is 0 Å². The molecule has 0 heterocycles. The lowest BCUT2D eigenvalue weighted by atomic mass is 10.1. The summed E-state index contributed by atoms with van der Waals surface area (Å²) in [5.74, 6) is 1.52. The van der Waals surface area contributed by atoms with Crippen molar-refractivity contribution in [2.45, 2.75) is 59.0 Å². The molecule has 94 valence electrons. The lowest BCUT2D eigenvalue weighted by molar-refractivity contribution is -0.121. The number of rotatable bonds is 7. The van der Waals surface area contributed by atoms with Crippen LogP contribution in [-0.2, 0) is 4.79 Å². The summed E-state index contributed by atoms with van der Waals surface area (Å²) in [4.78, 5) is 11.6. The zero-order valence-corrected chi connectivity index (χ0v) is 11.0. The largest absolute Gasteiger partial charge is 0.352 e. The van der Waals surface area contributed by atoms with Gasteiger partial charge in [-0.3, -0.25) is 4.79 Å². The Bertz CT molecular complexity index is 224. The van der Waals surface area contributed by atoms with Gasteiger partial charge in [0.1, 0.15) is 0 Å². The molecule has 2 N–H and O–H groups in total. The summed E-state index contributed by atoms with van der Waals surface area (Å²) in [5, 5.41) is 6.29.